The first kappa shape index (κ1) is 11.2. The van der Waals surface area contributed by atoms with Crippen LogP contribution in [0.5, 0.6) is 0 Å². The summed E-state index contributed by atoms with van der Waals surface area (Å²) in [6, 6.07) is 3.80. The Bertz CT molecular complexity index is 285. The summed E-state index contributed by atoms with van der Waals surface area (Å²) in [4.78, 5) is 4.36. The Labute approximate surface area is 86.0 Å². The molecular weight excluding hydrogens is 174 g/mol. The molecule has 78 valence electrons. The van der Waals surface area contributed by atoms with Gasteiger partial charge in [-0.15, -0.1) is 0 Å². The summed E-state index contributed by atoms with van der Waals surface area (Å²) >= 11 is 0. The highest BCUT2D eigenvalue weighted by Gasteiger charge is 2.26. The summed E-state index contributed by atoms with van der Waals surface area (Å²) in [6.45, 7) is 9.89. The summed E-state index contributed by atoms with van der Waals surface area (Å²) in [5.41, 5.74) is 1.02. The Morgan fingerprint density at radius 1 is 1.14 bits per heavy atom. The minimum Gasteiger partial charge on any atom is -0.386 e. The van der Waals surface area contributed by atoms with Gasteiger partial charge in [-0.1, -0.05) is 26.8 Å². The minimum absolute atomic E-state index is 0.0312. The van der Waals surface area contributed by atoms with Crippen molar-refractivity contribution < 1.29 is 5.11 Å². The van der Waals surface area contributed by atoms with E-state index in [-0.39, 0.29) is 5.41 Å². The second-order valence-corrected chi connectivity index (χ2v) is 5.21. The molecule has 0 aliphatic rings. The smallest absolute Gasteiger partial charge is 0.0858 e. The molecule has 0 unspecified atom stereocenters. The highest BCUT2D eigenvalue weighted by molar-refractivity contribution is 5.30. The number of hydrogen-bond acceptors (Lipinski definition) is 2. The van der Waals surface area contributed by atoms with E-state index in [4.69, 9.17) is 0 Å². The first-order valence-electron chi connectivity index (χ1n) is 4.91. The summed E-state index contributed by atoms with van der Waals surface area (Å²) in [5, 5.41) is 9.99. The molecule has 0 bridgehead atoms. The molecule has 2 heteroatoms. The lowest BCUT2D eigenvalue weighted by atomic mass is 9.83. The predicted molar refractivity (Wildman–Crippen MR) is 58.2 cm³/mol. The van der Waals surface area contributed by atoms with Crippen molar-refractivity contribution in [3.63, 3.8) is 0 Å². The fourth-order valence-electron chi connectivity index (χ4n) is 1.50. The van der Waals surface area contributed by atoms with Crippen LogP contribution in [0.4, 0.5) is 0 Å². The van der Waals surface area contributed by atoms with Gasteiger partial charge in [0, 0.05) is 17.2 Å². The average Bonchev–Trinajstić information content (AvgIpc) is 2.01. The molecule has 0 atom stereocenters. The number of aromatic nitrogens is 1. The molecule has 1 heterocycles. The standard InChI is InChI=1S/C12H19NO/c1-11(2,3)10-9(12(4,5)14)7-6-8-13-10/h6-8,14H,1-5H3. The van der Waals surface area contributed by atoms with Crippen LogP contribution < -0.4 is 0 Å². The van der Waals surface area contributed by atoms with Crippen LogP contribution in [-0.4, -0.2) is 10.1 Å². The fourth-order valence-corrected chi connectivity index (χ4v) is 1.50. The van der Waals surface area contributed by atoms with Crippen LogP contribution in [0.1, 0.15) is 45.9 Å². The normalized spacial score (nSPS) is 13.0. The van der Waals surface area contributed by atoms with E-state index >= 15 is 0 Å². The van der Waals surface area contributed by atoms with E-state index < -0.39 is 5.60 Å². The van der Waals surface area contributed by atoms with E-state index in [2.05, 4.69) is 25.8 Å². The Morgan fingerprint density at radius 3 is 2.07 bits per heavy atom. The number of aliphatic hydroxyl groups is 1. The first-order valence-corrected chi connectivity index (χ1v) is 4.91. The molecular formula is C12H19NO. The Hall–Kier alpha value is -0.890. The lowest BCUT2D eigenvalue weighted by Crippen LogP contribution is -2.25. The van der Waals surface area contributed by atoms with Crippen LogP contribution in [0, 0.1) is 0 Å². The Balaban J connectivity index is 3.31. The molecule has 0 aromatic carbocycles. The zero-order valence-electron chi connectivity index (χ0n) is 9.63. The number of pyridine rings is 1. The number of nitrogens with zero attached hydrogens (tertiary/aromatic N) is 1. The fraction of sp³-hybridized carbons (Fsp3) is 0.583. The maximum atomic E-state index is 9.99. The van der Waals surface area contributed by atoms with Crippen LogP contribution >= 0.6 is 0 Å². The molecule has 1 aromatic rings. The quantitative estimate of drug-likeness (QED) is 0.743. The van der Waals surface area contributed by atoms with Crippen LogP contribution in [0.3, 0.4) is 0 Å². The number of hydrogen-bond donors (Lipinski definition) is 1. The van der Waals surface area contributed by atoms with Gasteiger partial charge in [0.25, 0.3) is 0 Å². The summed E-state index contributed by atoms with van der Waals surface area (Å²) in [5.74, 6) is 0. The topological polar surface area (TPSA) is 33.1 Å². The van der Waals surface area contributed by atoms with Gasteiger partial charge in [-0.25, -0.2) is 0 Å². The second-order valence-electron chi connectivity index (χ2n) is 5.21. The van der Waals surface area contributed by atoms with Crippen molar-refractivity contribution >= 4 is 0 Å². The van der Waals surface area contributed by atoms with Crippen molar-refractivity contribution in [1.82, 2.24) is 4.98 Å². The SMILES string of the molecule is CC(C)(C)c1ncccc1C(C)(C)O. The van der Waals surface area contributed by atoms with Gasteiger partial charge in [0.2, 0.25) is 0 Å². The molecule has 0 aliphatic carbocycles. The van der Waals surface area contributed by atoms with Gasteiger partial charge in [-0.05, 0) is 19.9 Å². The van der Waals surface area contributed by atoms with Gasteiger partial charge in [-0.2, -0.15) is 0 Å². The van der Waals surface area contributed by atoms with Crippen molar-refractivity contribution in [1.29, 1.82) is 0 Å². The van der Waals surface area contributed by atoms with Crippen molar-refractivity contribution in [3.05, 3.63) is 29.6 Å². The third-order valence-corrected chi connectivity index (χ3v) is 2.18. The molecule has 1 rings (SSSR count). The Morgan fingerprint density at radius 2 is 1.71 bits per heavy atom. The molecule has 14 heavy (non-hydrogen) atoms. The van der Waals surface area contributed by atoms with E-state index in [9.17, 15) is 5.11 Å². The molecule has 0 fully saturated rings. The van der Waals surface area contributed by atoms with Crippen LogP contribution in [0.2, 0.25) is 0 Å². The molecule has 0 amide bonds. The highest BCUT2D eigenvalue weighted by Crippen LogP contribution is 2.30. The minimum atomic E-state index is -0.823. The van der Waals surface area contributed by atoms with Gasteiger partial charge < -0.3 is 5.11 Å². The van der Waals surface area contributed by atoms with Crippen molar-refractivity contribution in [3.8, 4) is 0 Å². The van der Waals surface area contributed by atoms with Crippen molar-refractivity contribution in [2.75, 3.05) is 0 Å². The van der Waals surface area contributed by atoms with E-state index in [0.717, 1.165) is 11.3 Å². The first-order chi connectivity index (χ1) is 6.23. The zero-order valence-corrected chi connectivity index (χ0v) is 9.63. The molecule has 1 aromatic heterocycles. The molecule has 1 N–H and O–H groups in total. The number of rotatable bonds is 1. The van der Waals surface area contributed by atoms with Crippen molar-refractivity contribution in [2.24, 2.45) is 0 Å². The molecule has 0 saturated carbocycles. The van der Waals surface area contributed by atoms with Gasteiger partial charge in [0.05, 0.1) is 11.3 Å². The van der Waals surface area contributed by atoms with Gasteiger partial charge in [0.1, 0.15) is 0 Å². The highest BCUT2D eigenvalue weighted by atomic mass is 16.3. The lowest BCUT2D eigenvalue weighted by Gasteiger charge is -2.27. The largest absolute Gasteiger partial charge is 0.386 e. The van der Waals surface area contributed by atoms with Crippen LogP contribution in [0.25, 0.3) is 0 Å². The maximum Gasteiger partial charge on any atom is 0.0858 e. The van der Waals surface area contributed by atoms with E-state index in [1.807, 2.05) is 12.1 Å². The summed E-state index contributed by atoms with van der Waals surface area (Å²) in [7, 11) is 0. The van der Waals surface area contributed by atoms with Crippen molar-refractivity contribution in [2.45, 2.75) is 45.6 Å². The third-order valence-electron chi connectivity index (χ3n) is 2.18. The third kappa shape index (κ3) is 2.32. The molecule has 0 spiro atoms. The van der Waals surface area contributed by atoms with Gasteiger partial charge in [0.15, 0.2) is 0 Å². The predicted octanol–water partition coefficient (Wildman–Crippen LogP) is 2.61. The van der Waals surface area contributed by atoms with Gasteiger partial charge >= 0.3 is 0 Å². The van der Waals surface area contributed by atoms with Crippen LogP contribution in [-0.2, 0) is 11.0 Å². The lowest BCUT2D eigenvalue weighted by molar-refractivity contribution is 0.0760. The van der Waals surface area contributed by atoms with Gasteiger partial charge in [-0.3, -0.25) is 4.98 Å². The maximum absolute atomic E-state index is 9.99. The summed E-state index contributed by atoms with van der Waals surface area (Å²) < 4.78 is 0. The summed E-state index contributed by atoms with van der Waals surface area (Å²) in [6.07, 6.45) is 1.77. The van der Waals surface area contributed by atoms with E-state index in [0.29, 0.717) is 0 Å². The molecule has 0 radical (unpaired) electrons. The van der Waals surface area contributed by atoms with E-state index in [1.165, 1.54) is 0 Å². The molecule has 2 nitrogen and oxygen atoms in total. The van der Waals surface area contributed by atoms with E-state index in [1.54, 1.807) is 20.0 Å². The zero-order chi connectivity index (χ0) is 11.0. The molecule has 0 aliphatic heterocycles. The monoisotopic (exact) mass is 193 g/mol. The second kappa shape index (κ2) is 3.35. The molecule has 0 saturated heterocycles. The Kier molecular flexibility index (Phi) is 2.68. The van der Waals surface area contributed by atoms with Crippen LogP contribution in [0.15, 0.2) is 18.3 Å². The average molecular weight is 193 g/mol.